The SMILES string of the molecule is Cc1cccc(N2CCN(C(=O)c3cc4cc(Cl)ccc4o3)CC2)c1C. The highest BCUT2D eigenvalue weighted by Crippen LogP contribution is 2.26. The highest BCUT2D eigenvalue weighted by atomic mass is 35.5. The van der Waals surface area contributed by atoms with Crippen molar-refractivity contribution < 1.29 is 9.21 Å². The van der Waals surface area contributed by atoms with E-state index in [-0.39, 0.29) is 5.91 Å². The summed E-state index contributed by atoms with van der Waals surface area (Å²) in [6.07, 6.45) is 0. The zero-order chi connectivity index (χ0) is 18.3. The molecule has 0 radical (unpaired) electrons. The molecule has 134 valence electrons. The van der Waals surface area contributed by atoms with Crippen LogP contribution in [0.15, 0.2) is 46.9 Å². The number of anilines is 1. The van der Waals surface area contributed by atoms with Gasteiger partial charge in [0.05, 0.1) is 0 Å². The predicted molar refractivity (Wildman–Crippen MR) is 105 cm³/mol. The molecular weight excluding hydrogens is 348 g/mol. The number of benzene rings is 2. The lowest BCUT2D eigenvalue weighted by atomic mass is 10.1. The predicted octanol–water partition coefficient (Wildman–Crippen LogP) is 4.67. The molecule has 1 aromatic heterocycles. The number of carbonyl (C=O) groups excluding carboxylic acids is 1. The molecule has 3 aromatic rings. The second-order valence-corrected chi connectivity index (χ2v) is 7.23. The summed E-state index contributed by atoms with van der Waals surface area (Å²) in [4.78, 5) is 17.0. The molecule has 2 aromatic carbocycles. The lowest BCUT2D eigenvalue weighted by Gasteiger charge is -2.36. The van der Waals surface area contributed by atoms with Crippen LogP contribution in [0, 0.1) is 13.8 Å². The monoisotopic (exact) mass is 368 g/mol. The number of halogens is 1. The molecule has 1 aliphatic rings. The molecule has 1 saturated heterocycles. The van der Waals surface area contributed by atoms with Crippen molar-refractivity contribution in [3.8, 4) is 0 Å². The van der Waals surface area contributed by atoms with Gasteiger partial charge in [-0.2, -0.15) is 0 Å². The third-order valence-corrected chi connectivity index (χ3v) is 5.41. The first-order valence-corrected chi connectivity index (χ1v) is 9.20. The van der Waals surface area contributed by atoms with Crippen LogP contribution in [0.3, 0.4) is 0 Å². The van der Waals surface area contributed by atoms with Gasteiger partial charge in [-0.05, 0) is 55.3 Å². The minimum absolute atomic E-state index is 0.0575. The number of furan rings is 1. The van der Waals surface area contributed by atoms with Crippen LogP contribution < -0.4 is 4.90 Å². The Hall–Kier alpha value is -2.46. The van der Waals surface area contributed by atoms with Crippen molar-refractivity contribution in [3.05, 3.63) is 64.4 Å². The van der Waals surface area contributed by atoms with Crippen LogP contribution in [0.4, 0.5) is 5.69 Å². The van der Waals surface area contributed by atoms with Crippen LogP contribution in [0.25, 0.3) is 11.0 Å². The van der Waals surface area contributed by atoms with Gasteiger partial charge in [0, 0.05) is 42.3 Å². The van der Waals surface area contributed by atoms with Crippen molar-refractivity contribution in [2.45, 2.75) is 13.8 Å². The van der Waals surface area contributed by atoms with Gasteiger partial charge in [-0.1, -0.05) is 23.7 Å². The van der Waals surface area contributed by atoms with E-state index in [0.717, 1.165) is 18.5 Å². The Kier molecular flexibility index (Phi) is 4.37. The summed E-state index contributed by atoms with van der Waals surface area (Å²) in [5.74, 6) is 0.320. The fourth-order valence-corrected chi connectivity index (χ4v) is 3.68. The summed E-state index contributed by atoms with van der Waals surface area (Å²) in [6.45, 7) is 7.30. The Bertz CT molecular complexity index is 971. The van der Waals surface area contributed by atoms with Gasteiger partial charge in [-0.25, -0.2) is 0 Å². The van der Waals surface area contributed by atoms with Crippen molar-refractivity contribution in [1.29, 1.82) is 0 Å². The highest BCUT2D eigenvalue weighted by Gasteiger charge is 2.25. The fourth-order valence-electron chi connectivity index (χ4n) is 3.50. The maximum atomic E-state index is 12.8. The van der Waals surface area contributed by atoms with Gasteiger partial charge in [0.25, 0.3) is 5.91 Å². The van der Waals surface area contributed by atoms with Gasteiger partial charge in [-0.3, -0.25) is 4.79 Å². The topological polar surface area (TPSA) is 36.7 Å². The third-order valence-electron chi connectivity index (χ3n) is 5.17. The molecule has 0 unspecified atom stereocenters. The first-order chi connectivity index (χ1) is 12.5. The maximum Gasteiger partial charge on any atom is 0.289 e. The fraction of sp³-hybridized carbons (Fsp3) is 0.286. The average Bonchev–Trinajstić information content (AvgIpc) is 3.07. The number of hydrogen-bond donors (Lipinski definition) is 0. The molecule has 4 nitrogen and oxygen atoms in total. The Balaban J connectivity index is 1.48. The number of nitrogens with zero attached hydrogens (tertiary/aromatic N) is 2. The van der Waals surface area contributed by atoms with Gasteiger partial charge in [0.1, 0.15) is 5.58 Å². The molecule has 0 atom stereocenters. The molecule has 0 aliphatic carbocycles. The number of aryl methyl sites for hydroxylation is 1. The van der Waals surface area contributed by atoms with Crippen molar-refractivity contribution in [3.63, 3.8) is 0 Å². The molecule has 5 heteroatoms. The molecule has 0 saturated carbocycles. The average molecular weight is 369 g/mol. The second kappa shape index (κ2) is 6.69. The number of piperazine rings is 1. The second-order valence-electron chi connectivity index (χ2n) is 6.79. The number of fused-ring (bicyclic) bond motifs is 1. The summed E-state index contributed by atoms with van der Waals surface area (Å²) in [7, 11) is 0. The molecule has 1 fully saturated rings. The highest BCUT2D eigenvalue weighted by molar-refractivity contribution is 6.31. The van der Waals surface area contributed by atoms with Crippen molar-refractivity contribution >= 4 is 34.2 Å². The summed E-state index contributed by atoms with van der Waals surface area (Å²) >= 11 is 6.01. The maximum absolute atomic E-state index is 12.8. The minimum atomic E-state index is -0.0575. The largest absolute Gasteiger partial charge is 0.451 e. The van der Waals surface area contributed by atoms with E-state index in [9.17, 15) is 4.79 Å². The number of rotatable bonds is 2. The minimum Gasteiger partial charge on any atom is -0.451 e. The summed E-state index contributed by atoms with van der Waals surface area (Å²) < 4.78 is 5.72. The van der Waals surface area contributed by atoms with Gasteiger partial charge in [0.2, 0.25) is 0 Å². The zero-order valence-corrected chi connectivity index (χ0v) is 15.7. The zero-order valence-electron chi connectivity index (χ0n) is 15.0. The number of carbonyl (C=O) groups is 1. The lowest BCUT2D eigenvalue weighted by Crippen LogP contribution is -2.49. The standard InChI is InChI=1S/C21H21ClN2O2/c1-14-4-3-5-18(15(14)2)23-8-10-24(11-9-23)21(25)20-13-16-12-17(22)6-7-19(16)26-20/h3-7,12-13H,8-11H2,1-2H3. The van der Waals surface area contributed by atoms with E-state index in [1.165, 1.54) is 16.8 Å². The third kappa shape index (κ3) is 3.06. The first-order valence-electron chi connectivity index (χ1n) is 8.82. The Labute approximate surface area is 157 Å². The van der Waals surface area contributed by atoms with E-state index >= 15 is 0 Å². The Morgan fingerprint density at radius 3 is 2.58 bits per heavy atom. The van der Waals surface area contributed by atoms with Crippen LogP contribution in [0.5, 0.6) is 0 Å². The van der Waals surface area contributed by atoms with E-state index in [0.29, 0.717) is 29.5 Å². The summed E-state index contributed by atoms with van der Waals surface area (Å²) in [6, 6.07) is 13.5. The summed E-state index contributed by atoms with van der Waals surface area (Å²) in [5.41, 5.74) is 4.55. The quantitative estimate of drug-likeness (QED) is 0.659. The van der Waals surface area contributed by atoms with Gasteiger partial charge < -0.3 is 14.2 Å². The van der Waals surface area contributed by atoms with Gasteiger partial charge in [-0.15, -0.1) is 0 Å². The molecule has 26 heavy (non-hydrogen) atoms. The van der Waals surface area contributed by atoms with Crippen molar-refractivity contribution in [2.24, 2.45) is 0 Å². The molecular formula is C21H21ClN2O2. The molecule has 0 spiro atoms. The molecule has 0 bridgehead atoms. The lowest BCUT2D eigenvalue weighted by molar-refractivity contribution is 0.0717. The Morgan fingerprint density at radius 2 is 1.81 bits per heavy atom. The van der Waals surface area contributed by atoms with Crippen LogP contribution in [-0.4, -0.2) is 37.0 Å². The molecule has 2 heterocycles. The van der Waals surface area contributed by atoms with Crippen LogP contribution in [0.1, 0.15) is 21.7 Å². The Morgan fingerprint density at radius 1 is 1.04 bits per heavy atom. The summed E-state index contributed by atoms with van der Waals surface area (Å²) in [5, 5.41) is 1.49. The molecule has 1 amide bonds. The van der Waals surface area contributed by atoms with Crippen LogP contribution >= 0.6 is 11.6 Å². The molecule has 4 rings (SSSR count). The van der Waals surface area contributed by atoms with Crippen molar-refractivity contribution in [2.75, 3.05) is 31.1 Å². The van der Waals surface area contributed by atoms with Crippen LogP contribution in [0.2, 0.25) is 5.02 Å². The van der Waals surface area contributed by atoms with E-state index in [1.807, 2.05) is 11.0 Å². The van der Waals surface area contributed by atoms with E-state index in [1.54, 1.807) is 18.2 Å². The van der Waals surface area contributed by atoms with Gasteiger partial charge >= 0.3 is 0 Å². The normalized spacial score (nSPS) is 14.9. The van der Waals surface area contributed by atoms with Crippen LogP contribution in [-0.2, 0) is 0 Å². The molecule has 1 aliphatic heterocycles. The number of hydrogen-bond acceptors (Lipinski definition) is 3. The van der Waals surface area contributed by atoms with Crippen molar-refractivity contribution in [1.82, 2.24) is 4.90 Å². The molecule has 0 N–H and O–H groups in total. The first kappa shape index (κ1) is 17.0. The van der Waals surface area contributed by atoms with E-state index < -0.39 is 0 Å². The number of amides is 1. The van der Waals surface area contributed by atoms with E-state index in [2.05, 4.69) is 36.9 Å². The smallest absolute Gasteiger partial charge is 0.289 e. The van der Waals surface area contributed by atoms with E-state index in [4.69, 9.17) is 16.0 Å². The van der Waals surface area contributed by atoms with Gasteiger partial charge in [0.15, 0.2) is 5.76 Å².